The first kappa shape index (κ1) is 20.0. The van der Waals surface area contributed by atoms with Crippen molar-refractivity contribution in [3.8, 4) is 5.75 Å². The van der Waals surface area contributed by atoms with Gasteiger partial charge in [0.1, 0.15) is 12.0 Å². The lowest BCUT2D eigenvalue weighted by molar-refractivity contribution is -0.107. The Labute approximate surface area is 118 Å². The normalized spacial score (nSPS) is 8.47. The number of nitrogens with two attached hydrogens (primary N) is 1. The van der Waals surface area contributed by atoms with Crippen LogP contribution < -0.4 is 10.5 Å². The first-order chi connectivity index (χ1) is 9.28. The van der Waals surface area contributed by atoms with Gasteiger partial charge in [-0.15, -0.1) is 0 Å². The van der Waals surface area contributed by atoms with Gasteiger partial charge in [0.2, 0.25) is 0 Å². The Kier molecular flexibility index (Phi) is 17.5. The zero-order valence-electron chi connectivity index (χ0n) is 12.8. The highest BCUT2D eigenvalue weighted by Gasteiger charge is 1.93. The van der Waals surface area contributed by atoms with Crippen LogP contribution in [0.3, 0.4) is 0 Å². The van der Waals surface area contributed by atoms with Crippen LogP contribution in [0.15, 0.2) is 24.3 Å². The van der Waals surface area contributed by atoms with Gasteiger partial charge in [-0.25, -0.2) is 0 Å². The van der Waals surface area contributed by atoms with Crippen molar-refractivity contribution >= 4 is 6.29 Å². The maximum Gasteiger partial charge on any atom is 0.120 e. The standard InChI is InChI=1S/C11H14O2.C3H9N.C2H6/c1-13-11-7-5-10(6-8-11)4-2-3-9-12;1-2-3-4;1-2/h5-9H,2-4H2,1H3;2-4H2,1H3;1-2H3. The largest absolute Gasteiger partial charge is 0.497 e. The highest BCUT2D eigenvalue weighted by atomic mass is 16.5. The fourth-order valence-corrected chi connectivity index (χ4v) is 1.18. The number of carbonyl (C=O) groups excluding carboxylic acids is 1. The quantitative estimate of drug-likeness (QED) is 0.633. The molecule has 0 spiro atoms. The average Bonchev–Trinajstić information content (AvgIpc) is 2.50. The van der Waals surface area contributed by atoms with Crippen molar-refractivity contribution in [2.24, 2.45) is 5.73 Å². The number of hydrogen-bond donors (Lipinski definition) is 1. The molecule has 0 fully saturated rings. The van der Waals surface area contributed by atoms with Crippen LogP contribution in [0.2, 0.25) is 0 Å². The number of ether oxygens (including phenoxy) is 1. The number of rotatable bonds is 6. The third-order valence-electron chi connectivity index (χ3n) is 2.24. The molecular weight excluding hydrogens is 238 g/mol. The molecule has 0 saturated heterocycles. The molecule has 0 amide bonds. The number of aryl methyl sites for hydroxylation is 1. The van der Waals surface area contributed by atoms with E-state index in [1.54, 1.807) is 7.11 Å². The van der Waals surface area contributed by atoms with Crippen LogP contribution in [0.25, 0.3) is 0 Å². The molecule has 2 N–H and O–H groups in total. The molecule has 1 aromatic rings. The van der Waals surface area contributed by atoms with Crippen LogP contribution in [0.5, 0.6) is 5.75 Å². The summed E-state index contributed by atoms with van der Waals surface area (Å²) in [6.45, 7) is 6.88. The lowest BCUT2D eigenvalue weighted by Crippen LogP contribution is -1.93. The van der Waals surface area contributed by atoms with E-state index in [0.29, 0.717) is 6.42 Å². The predicted molar refractivity (Wildman–Crippen MR) is 82.7 cm³/mol. The van der Waals surface area contributed by atoms with Gasteiger partial charge in [-0.2, -0.15) is 0 Å². The van der Waals surface area contributed by atoms with E-state index in [1.807, 2.05) is 38.1 Å². The molecule has 110 valence electrons. The first-order valence-electron chi connectivity index (χ1n) is 7.05. The molecule has 0 unspecified atom stereocenters. The zero-order valence-corrected chi connectivity index (χ0v) is 12.8. The Hall–Kier alpha value is -1.35. The monoisotopic (exact) mass is 267 g/mol. The minimum absolute atomic E-state index is 0.645. The van der Waals surface area contributed by atoms with Crippen LogP contribution in [0.1, 0.15) is 45.6 Å². The third kappa shape index (κ3) is 12.9. The van der Waals surface area contributed by atoms with Gasteiger partial charge in [0.15, 0.2) is 0 Å². The molecule has 0 aliphatic heterocycles. The summed E-state index contributed by atoms with van der Waals surface area (Å²) in [5, 5.41) is 0. The summed E-state index contributed by atoms with van der Waals surface area (Å²) in [6.07, 6.45) is 4.59. The summed E-state index contributed by atoms with van der Waals surface area (Å²) in [7, 11) is 1.65. The minimum Gasteiger partial charge on any atom is -0.497 e. The number of hydrogen-bond acceptors (Lipinski definition) is 3. The Bertz CT molecular complexity index is 281. The molecule has 19 heavy (non-hydrogen) atoms. The van der Waals surface area contributed by atoms with Gasteiger partial charge in [-0.3, -0.25) is 0 Å². The maximum absolute atomic E-state index is 10.1. The minimum atomic E-state index is 0.645. The molecule has 0 bridgehead atoms. The molecule has 0 aliphatic rings. The number of unbranched alkanes of at least 4 members (excludes halogenated alkanes) is 1. The van der Waals surface area contributed by atoms with Gasteiger partial charge in [0.05, 0.1) is 7.11 Å². The highest BCUT2D eigenvalue weighted by Crippen LogP contribution is 2.12. The Morgan fingerprint density at radius 3 is 2.11 bits per heavy atom. The SMILES string of the molecule is CC.CCCN.COc1ccc(CCCC=O)cc1. The Morgan fingerprint density at radius 2 is 1.74 bits per heavy atom. The maximum atomic E-state index is 10.1. The van der Waals surface area contributed by atoms with Gasteiger partial charge in [-0.05, 0) is 43.5 Å². The lowest BCUT2D eigenvalue weighted by atomic mass is 10.1. The van der Waals surface area contributed by atoms with Crippen molar-refractivity contribution in [2.75, 3.05) is 13.7 Å². The predicted octanol–water partition coefficient (Wildman–Crippen LogP) is 3.60. The van der Waals surface area contributed by atoms with Crippen molar-refractivity contribution in [3.63, 3.8) is 0 Å². The Morgan fingerprint density at radius 1 is 1.21 bits per heavy atom. The van der Waals surface area contributed by atoms with E-state index in [1.165, 1.54) is 5.56 Å². The molecule has 0 atom stereocenters. The van der Waals surface area contributed by atoms with E-state index in [9.17, 15) is 4.79 Å². The number of benzene rings is 1. The van der Waals surface area contributed by atoms with Gasteiger partial charge >= 0.3 is 0 Å². The molecule has 1 rings (SSSR count). The van der Waals surface area contributed by atoms with Crippen LogP contribution >= 0.6 is 0 Å². The van der Waals surface area contributed by atoms with E-state index in [0.717, 1.165) is 37.8 Å². The Balaban J connectivity index is 0. The van der Waals surface area contributed by atoms with Crippen molar-refractivity contribution in [2.45, 2.75) is 46.5 Å². The molecule has 0 aliphatic carbocycles. The summed E-state index contributed by atoms with van der Waals surface area (Å²) >= 11 is 0. The van der Waals surface area contributed by atoms with E-state index in [4.69, 9.17) is 10.5 Å². The molecule has 3 heteroatoms. The van der Waals surface area contributed by atoms with E-state index in [-0.39, 0.29) is 0 Å². The van der Waals surface area contributed by atoms with Gasteiger partial charge in [0.25, 0.3) is 0 Å². The second-order valence-corrected chi connectivity index (χ2v) is 3.70. The van der Waals surface area contributed by atoms with Crippen molar-refractivity contribution in [1.29, 1.82) is 0 Å². The molecule has 0 radical (unpaired) electrons. The summed E-state index contributed by atoms with van der Waals surface area (Å²) < 4.78 is 5.04. The van der Waals surface area contributed by atoms with Gasteiger partial charge in [0, 0.05) is 6.42 Å². The molecule has 0 heterocycles. The van der Waals surface area contributed by atoms with Crippen LogP contribution in [0, 0.1) is 0 Å². The first-order valence-corrected chi connectivity index (χ1v) is 7.05. The van der Waals surface area contributed by atoms with Crippen LogP contribution in [-0.4, -0.2) is 19.9 Å². The van der Waals surface area contributed by atoms with Crippen LogP contribution in [0.4, 0.5) is 0 Å². The third-order valence-corrected chi connectivity index (χ3v) is 2.24. The summed E-state index contributed by atoms with van der Waals surface area (Å²) in [6, 6.07) is 7.94. The van der Waals surface area contributed by atoms with E-state index in [2.05, 4.69) is 6.92 Å². The molecule has 3 nitrogen and oxygen atoms in total. The second kappa shape index (κ2) is 16.6. The van der Waals surface area contributed by atoms with Crippen molar-refractivity contribution in [3.05, 3.63) is 29.8 Å². The number of carbonyl (C=O) groups is 1. The molecule has 0 saturated carbocycles. The smallest absolute Gasteiger partial charge is 0.120 e. The molecule has 0 aromatic heterocycles. The van der Waals surface area contributed by atoms with Crippen molar-refractivity contribution < 1.29 is 9.53 Å². The number of methoxy groups -OCH3 is 1. The fraction of sp³-hybridized carbons (Fsp3) is 0.562. The fourth-order valence-electron chi connectivity index (χ4n) is 1.18. The average molecular weight is 267 g/mol. The van der Waals surface area contributed by atoms with Gasteiger partial charge in [-0.1, -0.05) is 32.9 Å². The topological polar surface area (TPSA) is 52.3 Å². The van der Waals surface area contributed by atoms with Crippen molar-refractivity contribution in [1.82, 2.24) is 0 Å². The summed E-state index contributed by atoms with van der Waals surface area (Å²) in [5.74, 6) is 0.874. The second-order valence-electron chi connectivity index (χ2n) is 3.70. The van der Waals surface area contributed by atoms with E-state index < -0.39 is 0 Å². The summed E-state index contributed by atoms with van der Waals surface area (Å²) in [5.41, 5.74) is 6.28. The van der Waals surface area contributed by atoms with Gasteiger partial charge < -0.3 is 15.3 Å². The zero-order chi connectivity index (χ0) is 14.9. The molecule has 1 aromatic carbocycles. The lowest BCUT2D eigenvalue weighted by Gasteiger charge is -2.01. The molecular formula is C16H29NO2. The summed E-state index contributed by atoms with van der Waals surface area (Å²) in [4.78, 5) is 10.1. The number of aldehydes is 1. The van der Waals surface area contributed by atoms with Crippen LogP contribution in [-0.2, 0) is 11.2 Å². The van der Waals surface area contributed by atoms with E-state index >= 15 is 0 Å². The highest BCUT2D eigenvalue weighted by molar-refractivity contribution is 5.49.